The summed E-state index contributed by atoms with van der Waals surface area (Å²) in [7, 11) is 0. The molecule has 0 aromatic carbocycles. The molecule has 0 N–H and O–H groups in total. The highest BCUT2D eigenvalue weighted by atomic mass is 79.9. The summed E-state index contributed by atoms with van der Waals surface area (Å²) in [4.78, 5) is 23.0. The third-order valence-electron chi connectivity index (χ3n) is 2.48. The van der Waals surface area contributed by atoms with Crippen molar-refractivity contribution in [3.05, 3.63) is 44.0 Å². The minimum Gasteiger partial charge on any atom is -0.332 e. The monoisotopic (exact) mass is 359 g/mol. The largest absolute Gasteiger partial charge is 0.332 e. The van der Waals surface area contributed by atoms with Crippen LogP contribution in [0.25, 0.3) is 0 Å². The number of amides is 1. The highest BCUT2D eigenvalue weighted by Crippen LogP contribution is 2.23. The summed E-state index contributed by atoms with van der Waals surface area (Å²) in [5.74, 6) is -0.142. The van der Waals surface area contributed by atoms with Crippen LogP contribution in [0.2, 0.25) is 5.15 Å². The fourth-order valence-electron chi connectivity index (χ4n) is 1.54. The molecule has 0 radical (unpaired) electrons. The number of aromatic nitrogens is 2. The van der Waals surface area contributed by atoms with Crippen LogP contribution < -0.4 is 0 Å². The molecule has 4 nitrogen and oxygen atoms in total. The quantitative estimate of drug-likeness (QED) is 0.836. The minimum absolute atomic E-state index is 0.142. The molecule has 0 unspecified atom stereocenters. The molecule has 2 rings (SSSR count). The lowest BCUT2D eigenvalue weighted by Gasteiger charge is -2.19. The van der Waals surface area contributed by atoms with Crippen LogP contribution in [-0.4, -0.2) is 27.3 Å². The number of rotatable bonds is 4. The first-order chi connectivity index (χ1) is 9.10. The second-order valence-corrected chi connectivity index (χ2v) is 6.68. The molecule has 19 heavy (non-hydrogen) atoms. The topological polar surface area (TPSA) is 46.1 Å². The lowest BCUT2D eigenvalue weighted by molar-refractivity contribution is 0.0748. The Kier molecular flexibility index (Phi) is 4.90. The van der Waals surface area contributed by atoms with Crippen LogP contribution in [0.5, 0.6) is 0 Å². The number of carbonyl (C=O) groups excluding carboxylic acids is 1. The van der Waals surface area contributed by atoms with Crippen molar-refractivity contribution in [1.29, 1.82) is 0 Å². The third kappa shape index (κ3) is 3.75. The van der Waals surface area contributed by atoms with E-state index in [-0.39, 0.29) is 11.1 Å². The van der Waals surface area contributed by atoms with E-state index in [1.54, 1.807) is 16.2 Å². The first kappa shape index (κ1) is 14.4. The first-order valence-electron chi connectivity index (χ1n) is 5.61. The maximum atomic E-state index is 12.3. The summed E-state index contributed by atoms with van der Waals surface area (Å²) in [5.41, 5.74) is 0.307. The Labute approximate surface area is 128 Å². The van der Waals surface area contributed by atoms with Gasteiger partial charge in [-0.05, 0) is 35.0 Å². The summed E-state index contributed by atoms with van der Waals surface area (Å²) in [5, 5.41) is 0.279. The van der Waals surface area contributed by atoms with Gasteiger partial charge in [0.2, 0.25) is 0 Å². The predicted molar refractivity (Wildman–Crippen MR) is 79.5 cm³/mol. The van der Waals surface area contributed by atoms with E-state index in [0.717, 1.165) is 8.66 Å². The highest BCUT2D eigenvalue weighted by molar-refractivity contribution is 9.11. The molecule has 0 atom stereocenters. The summed E-state index contributed by atoms with van der Waals surface area (Å²) in [6.45, 7) is 3.11. The van der Waals surface area contributed by atoms with Crippen LogP contribution in [0.4, 0.5) is 0 Å². The summed E-state index contributed by atoms with van der Waals surface area (Å²) >= 11 is 10.7. The maximum Gasteiger partial charge on any atom is 0.274 e. The predicted octanol–water partition coefficient (Wildman–Crippen LogP) is 3.62. The van der Waals surface area contributed by atoms with Gasteiger partial charge in [-0.25, -0.2) is 9.97 Å². The normalized spacial score (nSPS) is 10.5. The Hall–Kier alpha value is -0.980. The molecule has 0 aliphatic rings. The van der Waals surface area contributed by atoms with E-state index in [0.29, 0.717) is 18.8 Å². The smallest absolute Gasteiger partial charge is 0.274 e. The Morgan fingerprint density at radius 2 is 2.21 bits per heavy atom. The molecule has 2 aromatic rings. The van der Waals surface area contributed by atoms with Crippen molar-refractivity contribution in [2.45, 2.75) is 13.5 Å². The summed E-state index contributed by atoms with van der Waals surface area (Å²) in [6, 6.07) is 3.97. The average Bonchev–Trinajstić information content (AvgIpc) is 2.81. The van der Waals surface area contributed by atoms with Gasteiger partial charge in [-0.1, -0.05) is 11.6 Å². The lowest BCUT2D eigenvalue weighted by Crippen LogP contribution is -2.30. The standard InChI is InChI=1S/C12H11BrClN3OS/c1-2-17(7-8-3-4-10(13)19-8)12(18)9-5-16-11(14)6-15-9/h3-6H,2,7H2,1H3. The molecule has 7 heteroatoms. The molecule has 0 saturated heterocycles. The Morgan fingerprint density at radius 3 is 2.74 bits per heavy atom. The van der Waals surface area contributed by atoms with Crippen molar-refractivity contribution in [1.82, 2.24) is 14.9 Å². The van der Waals surface area contributed by atoms with E-state index in [2.05, 4.69) is 25.9 Å². The van der Waals surface area contributed by atoms with Gasteiger partial charge < -0.3 is 4.90 Å². The maximum absolute atomic E-state index is 12.3. The van der Waals surface area contributed by atoms with Crippen LogP contribution in [0.15, 0.2) is 28.3 Å². The van der Waals surface area contributed by atoms with Crippen molar-refractivity contribution in [3.63, 3.8) is 0 Å². The van der Waals surface area contributed by atoms with Crippen LogP contribution in [0.1, 0.15) is 22.3 Å². The molecule has 0 spiro atoms. The lowest BCUT2D eigenvalue weighted by atomic mass is 10.3. The molecule has 2 aromatic heterocycles. The number of hydrogen-bond acceptors (Lipinski definition) is 4. The van der Waals surface area contributed by atoms with Crippen molar-refractivity contribution >= 4 is 44.8 Å². The summed E-state index contributed by atoms with van der Waals surface area (Å²) in [6.07, 6.45) is 2.78. The van der Waals surface area contributed by atoms with Crippen molar-refractivity contribution in [3.8, 4) is 0 Å². The van der Waals surface area contributed by atoms with Crippen LogP contribution >= 0.6 is 38.9 Å². The van der Waals surface area contributed by atoms with E-state index in [4.69, 9.17) is 11.6 Å². The zero-order chi connectivity index (χ0) is 13.8. The van der Waals surface area contributed by atoms with Crippen molar-refractivity contribution in [2.24, 2.45) is 0 Å². The molecule has 0 fully saturated rings. The third-order valence-corrected chi connectivity index (χ3v) is 4.29. The van der Waals surface area contributed by atoms with Crippen molar-refractivity contribution in [2.75, 3.05) is 6.54 Å². The van der Waals surface area contributed by atoms with Gasteiger partial charge in [0.1, 0.15) is 10.8 Å². The van der Waals surface area contributed by atoms with Gasteiger partial charge in [-0.15, -0.1) is 11.3 Å². The highest BCUT2D eigenvalue weighted by Gasteiger charge is 2.17. The van der Waals surface area contributed by atoms with Gasteiger partial charge in [0, 0.05) is 11.4 Å². The SMILES string of the molecule is CCN(Cc1ccc(Br)s1)C(=O)c1cnc(Cl)cn1. The molecule has 0 bridgehead atoms. The van der Waals surface area contributed by atoms with Crippen LogP contribution in [0.3, 0.4) is 0 Å². The van der Waals surface area contributed by atoms with Gasteiger partial charge in [0.05, 0.1) is 22.7 Å². The molecule has 1 amide bonds. The molecular weight excluding hydrogens is 350 g/mol. The molecule has 2 heterocycles. The van der Waals surface area contributed by atoms with Crippen LogP contribution in [-0.2, 0) is 6.54 Å². The fraction of sp³-hybridized carbons (Fsp3) is 0.250. The van der Waals surface area contributed by atoms with E-state index in [1.807, 2.05) is 19.1 Å². The van der Waals surface area contributed by atoms with E-state index in [9.17, 15) is 4.79 Å². The molecule has 0 saturated carbocycles. The van der Waals surface area contributed by atoms with Gasteiger partial charge in [-0.3, -0.25) is 4.79 Å². The number of halogens is 2. The van der Waals surface area contributed by atoms with Gasteiger partial charge in [0.25, 0.3) is 5.91 Å². The first-order valence-corrected chi connectivity index (χ1v) is 7.60. The second kappa shape index (κ2) is 6.45. The Balaban J connectivity index is 2.12. The van der Waals surface area contributed by atoms with Gasteiger partial charge in [0.15, 0.2) is 0 Å². The van der Waals surface area contributed by atoms with Gasteiger partial charge in [-0.2, -0.15) is 0 Å². The van der Waals surface area contributed by atoms with Gasteiger partial charge >= 0.3 is 0 Å². The average molecular weight is 361 g/mol. The molecule has 0 aliphatic carbocycles. The molecule has 100 valence electrons. The summed E-state index contributed by atoms with van der Waals surface area (Å²) < 4.78 is 1.05. The number of nitrogens with zero attached hydrogens (tertiary/aromatic N) is 3. The van der Waals surface area contributed by atoms with E-state index in [1.165, 1.54) is 12.4 Å². The minimum atomic E-state index is -0.142. The zero-order valence-corrected chi connectivity index (χ0v) is 13.3. The second-order valence-electron chi connectivity index (χ2n) is 3.75. The number of thiophene rings is 1. The Morgan fingerprint density at radius 1 is 1.42 bits per heavy atom. The Bertz CT molecular complexity index is 573. The number of carbonyl (C=O) groups is 1. The molecule has 0 aliphatic heterocycles. The van der Waals surface area contributed by atoms with Crippen LogP contribution in [0, 0.1) is 0 Å². The zero-order valence-electron chi connectivity index (χ0n) is 10.1. The molecular formula is C12H11BrClN3OS. The number of hydrogen-bond donors (Lipinski definition) is 0. The fourth-order valence-corrected chi connectivity index (χ4v) is 3.13. The van der Waals surface area contributed by atoms with E-state index >= 15 is 0 Å². The van der Waals surface area contributed by atoms with E-state index < -0.39 is 0 Å². The van der Waals surface area contributed by atoms with Crippen molar-refractivity contribution < 1.29 is 4.79 Å².